The Kier molecular flexibility index (Phi) is 3.36. The van der Waals surface area contributed by atoms with E-state index in [2.05, 4.69) is 29.4 Å². The lowest BCUT2D eigenvalue weighted by atomic mass is 10.2. The molecule has 1 N–H and O–H groups in total. The first-order chi connectivity index (χ1) is 9.22. The van der Waals surface area contributed by atoms with Crippen LogP contribution < -0.4 is 5.32 Å². The number of rotatable bonds is 4. The van der Waals surface area contributed by atoms with Gasteiger partial charge in [-0.2, -0.15) is 0 Å². The summed E-state index contributed by atoms with van der Waals surface area (Å²) >= 11 is 1.74. The summed E-state index contributed by atoms with van der Waals surface area (Å²) in [4.78, 5) is 4.61. The predicted molar refractivity (Wildman–Crippen MR) is 78.3 cm³/mol. The topological polar surface area (TPSA) is 38.1 Å². The van der Waals surface area contributed by atoms with Gasteiger partial charge in [0.05, 0.1) is 16.3 Å². The Hall–Kier alpha value is -1.65. The van der Waals surface area contributed by atoms with Crippen LogP contribution in [0, 0.1) is 6.92 Å². The van der Waals surface area contributed by atoms with E-state index in [-0.39, 0.29) is 6.04 Å². The van der Waals surface area contributed by atoms with Crippen molar-refractivity contribution >= 4 is 21.6 Å². The number of thiazole rings is 1. The second kappa shape index (κ2) is 5.15. The van der Waals surface area contributed by atoms with Gasteiger partial charge in [0, 0.05) is 6.54 Å². The Labute approximate surface area is 116 Å². The van der Waals surface area contributed by atoms with Crippen molar-refractivity contribution in [2.75, 3.05) is 0 Å². The lowest BCUT2D eigenvalue weighted by Crippen LogP contribution is -2.17. The van der Waals surface area contributed by atoms with Gasteiger partial charge in [-0.05, 0) is 38.1 Å². The van der Waals surface area contributed by atoms with Crippen LogP contribution in [0.4, 0.5) is 0 Å². The van der Waals surface area contributed by atoms with Gasteiger partial charge in [-0.15, -0.1) is 11.3 Å². The number of benzene rings is 1. The molecule has 3 rings (SSSR count). The van der Waals surface area contributed by atoms with Crippen LogP contribution in [-0.2, 0) is 6.54 Å². The molecule has 1 atom stereocenters. The number of hydrogen-bond donors (Lipinski definition) is 1. The van der Waals surface area contributed by atoms with Crippen molar-refractivity contribution in [2.45, 2.75) is 26.4 Å². The molecule has 2 aromatic heterocycles. The molecule has 0 spiro atoms. The summed E-state index contributed by atoms with van der Waals surface area (Å²) in [5, 5.41) is 4.55. The molecule has 4 heteroatoms. The third kappa shape index (κ3) is 2.69. The van der Waals surface area contributed by atoms with Crippen molar-refractivity contribution in [1.82, 2.24) is 10.3 Å². The molecule has 1 aromatic carbocycles. The van der Waals surface area contributed by atoms with Crippen molar-refractivity contribution in [3.05, 3.63) is 52.9 Å². The molecule has 0 bridgehead atoms. The fourth-order valence-corrected chi connectivity index (χ4v) is 2.94. The van der Waals surface area contributed by atoms with Crippen LogP contribution in [0.2, 0.25) is 0 Å². The smallest absolute Gasteiger partial charge is 0.120 e. The molecule has 0 saturated heterocycles. The van der Waals surface area contributed by atoms with E-state index in [0.29, 0.717) is 0 Å². The van der Waals surface area contributed by atoms with Crippen LogP contribution in [0.1, 0.15) is 29.5 Å². The summed E-state index contributed by atoms with van der Waals surface area (Å²) in [6, 6.07) is 12.4. The third-order valence-corrected chi connectivity index (χ3v) is 4.12. The number of furan rings is 1. The molecule has 0 saturated carbocycles. The summed E-state index contributed by atoms with van der Waals surface area (Å²) in [5.74, 6) is 1.92. The van der Waals surface area contributed by atoms with Crippen LogP contribution in [0.5, 0.6) is 0 Å². The highest BCUT2D eigenvalue weighted by molar-refractivity contribution is 7.18. The van der Waals surface area contributed by atoms with Gasteiger partial charge >= 0.3 is 0 Å². The summed E-state index contributed by atoms with van der Waals surface area (Å²) in [6.07, 6.45) is 0. The Morgan fingerprint density at radius 1 is 1.26 bits per heavy atom. The molecule has 3 aromatic rings. The SMILES string of the molecule is Cc1ccc(C(C)NCc2nc3ccccc3s2)o1. The molecule has 0 amide bonds. The largest absolute Gasteiger partial charge is 0.465 e. The number of aromatic nitrogens is 1. The standard InChI is InChI=1S/C15H16N2OS/c1-10-7-8-13(18-10)11(2)16-9-15-17-12-5-3-4-6-14(12)19-15/h3-8,11,16H,9H2,1-2H3. The van der Waals surface area contributed by atoms with Gasteiger partial charge in [-0.25, -0.2) is 4.98 Å². The maximum atomic E-state index is 5.61. The van der Waals surface area contributed by atoms with Crippen LogP contribution in [0.15, 0.2) is 40.8 Å². The molecule has 2 heterocycles. The fraction of sp³-hybridized carbons (Fsp3) is 0.267. The molecule has 0 fully saturated rings. The number of nitrogens with one attached hydrogen (secondary N) is 1. The molecule has 0 aliphatic carbocycles. The van der Waals surface area contributed by atoms with Crippen LogP contribution in [0.3, 0.4) is 0 Å². The first-order valence-electron chi connectivity index (χ1n) is 6.36. The van der Waals surface area contributed by atoms with Crippen LogP contribution in [0.25, 0.3) is 10.2 Å². The Morgan fingerprint density at radius 3 is 2.84 bits per heavy atom. The summed E-state index contributed by atoms with van der Waals surface area (Å²) in [6.45, 7) is 4.83. The highest BCUT2D eigenvalue weighted by atomic mass is 32.1. The first-order valence-corrected chi connectivity index (χ1v) is 7.18. The molecule has 1 unspecified atom stereocenters. The lowest BCUT2D eigenvalue weighted by Gasteiger charge is -2.09. The number of fused-ring (bicyclic) bond motifs is 1. The van der Waals surface area contributed by atoms with E-state index in [1.807, 2.05) is 31.2 Å². The second-order valence-corrected chi connectivity index (χ2v) is 5.74. The minimum absolute atomic E-state index is 0.195. The van der Waals surface area contributed by atoms with Crippen molar-refractivity contribution in [1.29, 1.82) is 0 Å². The summed E-state index contributed by atoms with van der Waals surface area (Å²) in [7, 11) is 0. The van der Waals surface area contributed by atoms with Gasteiger partial charge < -0.3 is 9.73 Å². The summed E-state index contributed by atoms with van der Waals surface area (Å²) in [5.41, 5.74) is 1.07. The van der Waals surface area contributed by atoms with E-state index in [1.165, 1.54) is 4.70 Å². The van der Waals surface area contributed by atoms with Gasteiger partial charge in [0.2, 0.25) is 0 Å². The van der Waals surface area contributed by atoms with Crippen LogP contribution in [-0.4, -0.2) is 4.98 Å². The van der Waals surface area contributed by atoms with Gasteiger partial charge in [-0.3, -0.25) is 0 Å². The van der Waals surface area contributed by atoms with Gasteiger partial charge in [-0.1, -0.05) is 12.1 Å². The van der Waals surface area contributed by atoms with E-state index in [1.54, 1.807) is 11.3 Å². The zero-order chi connectivity index (χ0) is 13.2. The minimum Gasteiger partial charge on any atom is -0.465 e. The summed E-state index contributed by atoms with van der Waals surface area (Å²) < 4.78 is 6.85. The maximum absolute atomic E-state index is 5.61. The molecule has 0 radical (unpaired) electrons. The molecular formula is C15H16N2OS. The average molecular weight is 272 g/mol. The predicted octanol–water partition coefficient (Wildman–Crippen LogP) is 4.05. The molecule has 19 heavy (non-hydrogen) atoms. The van der Waals surface area contributed by atoms with Gasteiger partial charge in [0.25, 0.3) is 0 Å². The second-order valence-electron chi connectivity index (χ2n) is 4.63. The molecule has 0 aliphatic heterocycles. The van der Waals surface area contributed by atoms with E-state index in [9.17, 15) is 0 Å². The molecule has 98 valence electrons. The number of aryl methyl sites for hydroxylation is 1. The maximum Gasteiger partial charge on any atom is 0.120 e. The van der Waals surface area contributed by atoms with Crippen LogP contribution >= 0.6 is 11.3 Å². The van der Waals surface area contributed by atoms with Crippen molar-refractivity contribution < 1.29 is 4.42 Å². The average Bonchev–Trinajstić information content (AvgIpc) is 3.01. The van der Waals surface area contributed by atoms with E-state index in [4.69, 9.17) is 4.42 Å². The van der Waals surface area contributed by atoms with Crippen molar-refractivity contribution in [2.24, 2.45) is 0 Å². The Balaban J connectivity index is 1.68. The highest BCUT2D eigenvalue weighted by Crippen LogP contribution is 2.22. The molecule has 3 nitrogen and oxygen atoms in total. The Morgan fingerprint density at radius 2 is 2.11 bits per heavy atom. The quantitative estimate of drug-likeness (QED) is 0.778. The number of hydrogen-bond acceptors (Lipinski definition) is 4. The van der Waals surface area contributed by atoms with Gasteiger partial charge in [0.15, 0.2) is 0 Å². The normalized spacial score (nSPS) is 12.9. The Bertz CT molecular complexity index is 653. The number of nitrogens with zero attached hydrogens (tertiary/aromatic N) is 1. The first kappa shape index (κ1) is 12.4. The van der Waals surface area contributed by atoms with E-state index in [0.717, 1.165) is 28.6 Å². The van der Waals surface area contributed by atoms with Crippen molar-refractivity contribution in [3.8, 4) is 0 Å². The number of para-hydroxylation sites is 1. The fourth-order valence-electron chi connectivity index (χ4n) is 2.02. The van der Waals surface area contributed by atoms with Crippen molar-refractivity contribution in [3.63, 3.8) is 0 Å². The third-order valence-electron chi connectivity index (χ3n) is 3.09. The molecular weight excluding hydrogens is 256 g/mol. The zero-order valence-corrected chi connectivity index (χ0v) is 11.8. The van der Waals surface area contributed by atoms with E-state index < -0.39 is 0 Å². The van der Waals surface area contributed by atoms with E-state index >= 15 is 0 Å². The zero-order valence-electron chi connectivity index (χ0n) is 11.0. The molecule has 0 aliphatic rings. The lowest BCUT2D eigenvalue weighted by molar-refractivity contribution is 0.416. The monoisotopic (exact) mass is 272 g/mol. The van der Waals surface area contributed by atoms with Gasteiger partial charge in [0.1, 0.15) is 16.5 Å². The highest BCUT2D eigenvalue weighted by Gasteiger charge is 2.10. The minimum atomic E-state index is 0.195.